The van der Waals surface area contributed by atoms with Crippen molar-refractivity contribution in [3.8, 4) is 11.1 Å². The van der Waals surface area contributed by atoms with Crippen LogP contribution >= 0.6 is 0 Å². The van der Waals surface area contributed by atoms with E-state index in [1.807, 2.05) is 6.07 Å². The monoisotopic (exact) mass is 450 g/mol. The maximum Gasteiger partial charge on any atom is 0.404 e. The number of nitrogens with one attached hydrogen (secondary N) is 1. The molecule has 0 aliphatic carbocycles. The smallest absolute Gasteiger partial charge is 0.404 e. The molecule has 1 aliphatic heterocycles. The number of carbonyl (C=O) groups is 2. The van der Waals surface area contributed by atoms with Gasteiger partial charge >= 0.3 is 6.09 Å². The Kier molecular flexibility index (Phi) is 6.16. The van der Waals surface area contributed by atoms with Crippen LogP contribution in [0.4, 0.5) is 15.1 Å². The molecule has 3 aromatic rings. The summed E-state index contributed by atoms with van der Waals surface area (Å²) in [5, 5.41) is 11.2. The van der Waals surface area contributed by atoms with E-state index in [-0.39, 0.29) is 24.9 Å². The van der Waals surface area contributed by atoms with Gasteiger partial charge in [-0.05, 0) is 42.7 Å². The average molecular weight is 450 g/mol. The Labute approximate surface area is 189 Å². The number of anilines is 1. The average Bonchev–Trinajstić information content (AvgIpc) is 2.77. The van der Waals surface area contributed by atoms with Crippen LogP contribution < -0.4 is 11.1 Å². The minimum absolute atomic E-state index is 0.0866. The highest BCUT2D eigenvalue weighted by molar-refractivity contribution is 5.98. The third-order valence-corrected chi connectivity index (χ3v) is 5.62. The molecule has 2 aromatic heterocycles. The summed E-state index contributed by atoms with van der Waals surface area (Å²) >= 11 is 0. The van der Waals surface area contributed by atoms with Gasteiger partial charge in [0.25, 0.3) is 5.91 Å². The lowest BCUT2D eigenvalue weighted by molar-refractivity contribution is 0.0641. The zero-order chi connectivity index (χ0) is 23.5. The number of nitrogens with zero attached hydrogens (tertiary/aromatic N) is 4. The zero-order valence-corrected chi connectivity index (χ0v) is 18.0. The Bertz CT molecular complexity index is 1200. The molecule has 1 atom stereocenters. The molecule has 4 N–H and O–H groups in total. The number of nitrogens with two attached hydrogens (primary N) is 1. The predicted molar refractivity (Wildman–Crippen MR) is 119 cm³/mol. The summed E-state index contributed by atoms with van der Waals surface area (Å²) in [5.41, 5.74) is 9.35. The fourth-order valence-electron chi connectivity index (χ4n) is 4.23. The van der Waals surface area contributed by atoms with Gasteiger partial charge < -0.3 is 21.1 Å². The summed E-state index contributed by atoms with van der Waals surface area (Å²) in [6.45, 7) is 2.18. The van der Waals surface area contributed by atoms with E-state index in [9.17, 15) is 14.0 Å². The van der Waals surface area contributed by atoms with Crippen molar-refractivity contribution in [2.75, 3.05) is 18.8 Å². The molecule has 1 aromatic carbocycles. The molecule has 3 heterocycles. The standard InChI is InChI=1S/C23H23FN6O3/c1-13-20-18(29-22(25)28-13)11-19(30(21(20)31)9-3-8-27-23(32)33)16-6-5-15(24)10-17(16)14-4-2-7-26-12-14/h2,4-7,10,12,19,27H,3,8-9,11H2,1H3,(H,32,33)(H2,25,28,29)/t19-/m1/s1. The van der Waals surface area contributed by atoms with Gasteiger partial charge in [0.1, 0.15) is 5.82 Å². The van der Waals surface area contributed by atoms with Crippen LogP contribution in [0.5, 0.6) is 0 Å². The summed E-state index contributed by atoms with van der Waals surface area (Å²) in [5.74, 6) is -0.584. The van der Waals surface area contributed by atoms with Crippen molar-refractivity contribution in [3.63, 3.8) is 0 Å². The van der Waals surface area contributed by atoms with Crippen molar-refractivity contribution in [3.05, 3.63) is 71.1 Å². The number of carbonyl (C=O) groups excluding carboxylic acids is 1. The summed E-state index contributed by atoms with van der Waals surface area (Å²) in [6.07, 6.45) is 2.91. The molecule has 0 bridgehead atoms. The number of halogens is 1. The first kappa shape index (κ1) is 22.1. The van der Waals surface area contributed by atoms with E-state index >= 15 is 0 Å². The lowest BCUT2D eigenvalue weighted by atomic mass is 9.87. The first-order valence-electron chi connectivity index (χ1n) is 10.5. The fourth-order valence-corrected chi connectivity index (χ4v) is 4.23. The Morgan fingerprint density at radius 3 is 2.88 bits per heavy atom. The number of fused-ring (bicyclic) bond motifs is 1. The van der Waals surface area contributed by atoms with Gasteiger partial charge in [0.2, 0.25) is 5.95 Å². The molecule has 0 fully saturated rings. The second-order valence-electron chi connectivity index (χ2n) is 7.77. The second-order valence-corrected chi connectivity index (χ2v) is 7.77. The van der Waals surface area contributed by atoms with E-state index in [0.29, 0.717) is 35.4 Å². The van der Waals surface area contributed by atoms with Crippen LogP contribution in [0.3, 0.4) is 0 Å². The van der Waals surface area contributed by atoms with Crippen LogP contribution in [0.15, 0.2) is 42.7 Å². The largest absolute Gasteiger partial charge is 0.465 e. The van der Waals surface area contributed by atoms with Crippen LogP contribution in [0, 0.1) is 12.7 Å². The van der Waals surface area contributed by atoms with Gasteiger partial charge in [-0.2, -0.15) is 0 Å². The van der Waals surface area contributed by atoms with Gasteiger partial charge in [-0.3, -0.25) is 9.78 Å². The van der Waals surface area contributed by atoms with E-state index in [2.05, 4.69) is 20.3 Å². The number of benzene rings is 1. The van der Waals surface area contributed by atoms with Gasteiger partial charge in [0, 0.05) is 37.5 Å². The van der Waals surface area contributed by atoms with Gasteiger partial charge in [-0.15, -0.1) is 0 Å². The van der Waals surface area contributed by atoms with Crippen molar-refractivity contribution < 1.29 is 19.1 Å². The van der Waals surface area contributed by atoms with E-state index in [0.717, 1.165) is 11.1 Å². The third-order valence-electron chi connectivity index (χ3n) is 5.62. The molecular formula is C23H23FN6O3. The van der Waals surface area contributed by atoms with Crippen molar-refractivity contribution >= 4 is 17.9 Å². The molecule has 10 heteroatoms. The van der Waals surface area contributed by atoms with E-state index < -0.39 is 18.0 Å². The summed E-state index contributed by atoms with van der Waals surface area (Å²) in [4.78, 5) is 38.6. The normalized spacial score (nSPS) is 15.3. The van der Waals surface area contributed by atoms with Crippen molar-refractivity contribution in [1.29, 1.82) is 0 Å². The SMILES string of the molecule is Cc1nc(N)nc2c1C(=O)N(CCCNC(=O)O)[C@@H](c1ccc(F)cc1-c1cccnc1)C2. The van der Waals surface area contributed by atoms with Gasteiger partial charge in [0.05, 0.1) is 23.0 Å². The maximum absolute atomic E-state index is 14.2. The zero-order valence-electron chi connectivity index (χ0n) is 18.0. The highest BCUT2D eigenvalue weighted by Crippen LogP contribution is 2.38. The second kappa shape index (κ2) is 9.19. The minimum atomic E-state index is -1.13. The Morgan fingerprint density at radius 2 is 2.15 bits per heavy atom. The highest BCUT2D eigenvalue weighted by Gasteiger charge is 2.37. The number of hydrogen-bond donors (Lipinski definition) is 3. The summed E-state index contributed by atoms with van der Waals surface area (Å²) in [6, 6.07) is 7.59. The molecule has 170 valence electrons. The number of pyridine rings is 1. The van der Waals surface area contributed by atoms with E-state index in [1.165, 1.54) is 12.1 Å². The van der Waals surface area contributed by atoms with Crippen molar-refractivity contribution in [1.82, 2.24) is 25.2 Å². The predicted octanol–water partition coefficient (Wildman–Crippen LogP) is 2.97. The van der Waals surface area contributed by atoms with Crippen LogP contribution in [0.25, 0.3) is 11.1 Å². The number of aryl methyl sites for hydroxylation is 1. The Hall–Kier alpha value is -4.08. The number of nitrogen functional groups attached to an aromatic ring is 1. The van der Waals surface area contributed by atoms with Gasteiger partial charge in [-0.25, -0.2) is 19.2 Å². The van der Waals surface area contributed by atoms with Crippen LogP contribution in [-0.2, 0) is 6.42 Å². The number of rotatable bonds is 6. The maximum atomic E-state index is 14.2. The van der Waals surface area contributed by atoms with E-state index in [1.54, 1.807) is 36.4 Å². The Morgan fingerprint density at radius 1 is 1.33 bits per heavy atom. The molecule has 9 nitrogen and oxygen atoms in total. The number of aromatic nitrogens is 3. The van der Waals surface area contributed by atoms with Crippen molar-refractivity contribution in [2.24, 2.45) is 0 Å². The molecule has 0 radical (unpaired) electrons. The summed E-state index contributed by atoms with van der Waals surface area (Å²) < 4.78 is 14.2. The first-order valence-corrected chi connectivity index (χ1v) is 10.5. The number of carboxylic acid groups (broad SMARTS) is 1. The minimum Gasteiger partial charge on any atom is -0.465 e. The van der Waals surface area contributed by atoms with Gasteiger partial charge in [-0.1, -0.05) is 12.1 Å². The quantitative estimate of drug-likeness (QED) is 0.492. The first-order chi connectivity index (χ1) is 15.8. The van der Waals surface area contributed by atoms with Crippen LogP contribution in [0.2, 0.25) is 0 Å². The lowest BCUT2D eigenvalue weighted by Gasteiger charge is -2.38. The molecule has 2 amide bonds. The highest BCUT2D eigenvalue weighted by atomic mass is 19.1. The topological polar surface area (TPSA) is 134 Å². The molecule has 0 saturated carbocycles. The van der Waals surface area contributed by atoms with Gasteiger partial charge in [0.15, 0.2) is 0 Å². The molecular weight excluding hydrogens is 427 g/mol. The van der Waals surface area contributed by atoms with Crippen molar-refractivity contribution in [2.45, 2.75) is 25.8 Å². The fraction of sp³-hybridized carbons (Fsp3) is 0.261. The molecule has 33 heavy (non-hydrogen) atoms. The molecule has 4 rings (SSSR count). The Balaban J connectivity index is 1.79. The molecule has 0 unspecified atom stereocenters. The third kappa shape index (κ3) is 4.59. The summed E-state index contributed by atoms with van der Waals surface area (Å²) in [7, 11) is 0. The lowest BCUT2D eigenvalue weighted by Crippen LogP contribution is -2.43. The molecule has 0 saturated heterocycles. The molecule has 0 spiro atoms. The number of hydrogen-bond acceptors (Lipinski definition) is 6. The van der Waals surface area contributed by atoms with E-state index in [4.69, 9.17) is 10.8 Å². The number of amides is 2. The van der Waals surface area contributed by atoms with Crippen LogP contribution in [0.1, 0.15) is 39.8 Å². The molecule has 1 aliphatic rings. The van der Waals surface area contributed by atoms with Crippen LogP contribution in [-0.4, -0.2) is 50.0 Å².